The summed E-state index contributed by atoms with van der Waals surface area (Å²) in [5.74, 6) is 2.41. The van der Waals surface area contributed by atoms with E-state index in [9.17, 15) is 4.79 Å². The van der Waals surface area contributed by atoms with Gasteiger partial charge in [0.25, 0.3) is 0 Å². The van der Waals surface area contributed by atoms with Gasteiger partial charge in [-0.05, 0) is 24.3 Å². The van der Waals surface area contributed by atoms with Gasteiger partial charge in [0, 0.05) is 7.05 Å². The third-order valence-electron chi connectivity index (χ3n) is 3.41. The van der Waals surface area contributed by atoms with E-state index in [-0.39, 0.29) is 18.3 Å². The number of thioether (sulfide) groups is 1. The minimum absolute atomic E-state index is 0.0698. The zero-order chi connectivity index (χ0) is 17.5. The molecule has 2 aromatic heterocycles. The van der Waals surface area contributed by atoms with Crippen molar-refractivity contribution in [2.45, 2.75) is 18.3 Å². The predicted molar refractivity (Wildman–Crippen MR) is 93.4 cm³/mol. The zero-order valence-corrected chi connectivity index (χ0v) is 14.5. The maximum atomic E-state index is 11.5. The summed E-state index contributed by atoms with van der Waals surface area (Å²) in [5.41, 5.74) is 0. The fourth-order valence-electron chi connectivity index (χ4n) is 2.12. The van der Waals surface area contributed by atoms with Crippen LogP contribution >= 0.6 is 11.8 Å². The molecule has 1 aromatic carbocycles. The fraction of sp³-hybridized carbons (Fsp3) is 0.235. The van der Waals surface area contributed by atoms with Crippen LogP contribution in [0.1, 0.15) is 11.6 Å². The highest BCUT2D eigenvalue weighted by atomic mass is 32.2. The quantitative estimate of drug-likeness (QED) is 0.623. The molecule has 0 aliphatic rings. The van der Waals surface area contributed by atoms with Crippen molar-refractivity contribution in [1.29, 1.82) is 0 Å². The Kier molecular flexibility index (Phi) is 5.73. The number of rotatable bonds is 8. The number of nitrogens with one attached hydrogen (secondary N) is 1. The molecule has 0 atom stereocenters. The van der Waals surface area contributed by atoms with Crippen molar-refractivity contribution in [3.8, 4) is 5.75 Å². The molecule has 130 valence electrons. The zero-order valence-electron chi connectivity index (χ0n) is 13.7. The molecule has 0 saturated carbocycles. The lowest BCUT2D eigenvalue weighted by Gasteiger charge is -2.09. The highest BCUT2D eigenvalue weighted by molar-refractivity contribution is 7.99. The Hall–Kier alpha value is -2.74. The molecule has 0 bridgehead atoms. The van der Waals surface area contributed by atoms with Crippen molar-refractivity contribution in [3.05, 3.63) is 60.3 Å². The van der Waals surface area contributed by atoms with E-state index in [2.05, 4.69) is 15.5 Å². The maximum Gasteiger partial charge on any atom is 0.230 e. The number of aromatic nitrogens is 3. The molecular weight excluding hydrogens is 340 g/mol. The maximum absolute atomic E-state index is 11.5. The molecule has 0 saturated heterocycles. The Morgan fingerprint density at radius 1 is 1.24 bits per heavy atom. The summed E-state index contributed by atoms with van der Waals surface area (Å²) in [4.78, 5) is 11.5. The number of hydrogen-bond acceptors (Lipinski definition) is 6. The Morgan fingerprint density at radius 3 is 2.80 bits per heavy atom. The van der Waals surface area contributed by atoms with Crippen LogP contribution in [0, 0.1) is 0 Å². The molecule has 1 amide bonds. The molecule has 0 spiro atoms. The van der Waals surface area contributed by atoms with Crippen LogP contribution in [0.2, 0.25) is 0 Å². The van der Waals surface area contributed by atoms with Crippen molar-refractivity contribution in [2.24, 2.45) is 0 Å². The van der Waals surface area contributed by atoms with Gasteiger partial charge in [0.15, 0.2) is 11.0 Å². The topological polar surface area (TPSA) is 82.2 Å². The SMILES string of the molecule is CNC(=O)CSc1nnc(COc2ccccc2)n1Cc1ccco1. The number of carbonyl (C=O) groups is 1. The number of amides is 1. The van der Waals surface area contributed by atoms with Gasteiger partial charge in [0.1, 0.15) is 18.1 Å². The number of ether oxygens (including phenoxy) is 1. The lowest BCUT2D eigenvalue weighted by Crippen LogP contribution is -2.20. The summed E-state index contributed by atoms with van der Waals surface area (Å²) in [6.45, 7) is 0.752. The fourth-order valence-corrected chi connectivity index (χ4v) is 2.95. The molecule has 3 aromatic rings. The van der Waals surface area contributed by atoms with Crippen molar-refractivity contribution in [1.82, 2.24) is 20.1 Å². The average Bonchev–Trinajstić information content (AvgIpc) is 3.29. The third-order valence-corrected chi connectivity index (χ3v) is 4.38. The number of para-hydroxylation sites is 1. The Morgan fingerprint density at radius 2 is 2.08 bits per heavy atom. The normalized spacial score (nSPS) is 10.6. The second-order valence-corrected chi connectivity index (χ2v) is 6.07. The Labute approximate surface area is 149 Å². The summed E-state index contributed by atoms with van der Waals surface area (Å²) in [5, 5.41) is 11.6. The van der Waals surface area contributed by atoms with Crippen molar-refractivity contribution in [3.63, 3.8) is 0 Å². The number of hydrogen-bond donors (Lipinski definition) is 1. The van der Waals surface area contributed by atoms with E-state index in [1.54, 1.807) is 13.3 Å². The highest BCUT2D eigenvalue weighted by Gasteiger charge is 2.16. The first-order chi connectivity index (χ1) is 12.3. The van der Waals surface area contributed by atoms with Crippen molar-refractivity contribution < 1.29 is 13.9 Å². The summed E-state index contributed by atoms with van der Waals surface area (Å²) in [7, 11) is 1.61. The second-order valence-electron chi connectivity index (χ2n) is 5.13. The van der Waals surface area contributed by atoms with Gasteiger partial charge in [-0.15, -0.1) is 10.2 Å². The lowest BCUT2D eigenvalue weighted by atomic mass is 10.3. The first kappa shape index (κ1) is 17.1. The Balaban J connectivity index is 1.76. The van der Waals surface area contributed by atoms with Gasteiger partial charge < -0.3 is 14.5 Å². The van der Waals surface area contributed by atoms with Gasteiger partial charge in [0.05, 0.1) is 18.6 Å². The molecule has 2 heterocycles. The van der Waals surface area contributed by atoms with E-state index < -0.39 is 0 Å². The van der Waals surface area contributed by atoms with Gasteiger partial charge in [-0.3, -0.25) is 9.36 Å². The third kappa shape index (κ3) is 4.63. The van der Waals surface area contributed by atoms with Gasteiger partial charge >= 0.3 is 0 Å². The molecule has 0 aliphatic carbocycles. The number of benzene rings is 1. The van der Waals surface area contributed by atoms with E-state index in [4.69, 9.17) is 9.15 Å². The predicted octanol–water partition coefficient (Wildman–Crippen LogP) is 2.34. The van der Waals surface area contributed by atoms with Gasteiger partial charge in [-0.25, -0.2) is 0 Å². The van der Waals surface area contributed by atoms with E-state index in [0.29, 0.717) is 17.5 Å². The van der Waals surface area contributed by atoms with Crippen LogP contribution in [0.25, 0.3) is 0 Å². The van der Waals surface area contributed by atoms with Gasteiger partial charge in [-0.2, -0.15) is 0 Å². The van der Waals surface area contributed by atoms with Crippen LogP contribution in [-0.2, 0) is 17.9 Å². The Bertz CT molecular complexity index is 803. The largest absolute Gasteiger partial charge is 0.486 e. The summed E-state index contributed by atoms with van der Waals surface area (Å²) < 4.78 is 13.1. The first-order valence-corrected chi connectivity index (χ1v) is 8.70. The van der Waals surface area contributed by atoms with E-state index in [1.807, 2.05) is 47.0 Å². The van der Waals surface area contributed by atoms with Crippen LogP contribution < -0.4 is 10.1 Å². The average molecular weight is 358 g/mol. The van der Waals surface area contributed by atoms with E-state index >= 15 is 0 Å². The molecule has 1 N–H and O–H groups in total. The smallest absolute Gasteiger partial charge is 0.230 e. The number of carbonyl (C=O) groups excluding carboxylic acids is 1. The van der Waals surface area contributed by atoms with E-state index in [0.717, 1.165) is 11.5 Å². The van der Waals surface area contributed by atoms with E-state index in [1.165, 1.54) is 11.8 Å². The number of nitrogens with zero attached hydrogens (tertiary/aromatic N) is 3. The highest BCUT2D eigenvalue weighted by Crippen LogP contribution is 2.20. The monoisotopic (exact) mass is 358 g/mol. The molecule has 25 heavy (non-hydrogen) atoms. The van der Waals surface area contributed by atoms with Crippen molar-refractivity contribution >= 4 is 17.7 Å². The van der Waals surface area contributed by atoms with Crippen LogP contribution in [0.3, 0.4) is 0 Å². The number of furan rings is 1. The van der Waals surface area contributed by atoms with Gasteiger partial charge in [0.2, 0.25) is 5.91 Å². The molecule has 0 aliphatic heterocycles. The molecule has 3 rings (SSSR count). The standard InChI is InChI=1S/C17H18N4O3S/c1-18-16(22)12-25-17-20-19-15(11-24-13-6-3-2-4-7-13)21(17)10-14-8-5-9-23-14/h2-9H,10-12H2,1H3,(H,18,22). The van der Waals surface area contributed by atoms with Crippen LogP contribution in [-0.4, -0.2) is 33.5 Å². The molecular formula is C17H18N4O3S. The van der Waals surface area contributed by atoms with Crippen LogP contribution in [0.4, 0.5) is 0 Å². The molecule has 8 heteroatoms. The summed E-state index contributed by atoms with van der Waals surface area (Å²) >= 11 is 1.32. The minimum atomic E-state index is -0.0698. The van der Waals surface area contributed by atoms with Crippen LogP contribution in [0.5, 0.6) is 5.75 Å². The van der Waals surface area contributed by atoms with Crippen LogP contribution in [0.15, 0.2) is 58.3 Å². The second kappa shape index (κ2) is 8.39. The molecule has 0 radical (unpaired) electrons. The van der Waals surface area contributed by atoms with Gasteiger partial charge in [-0.1, -0.05) is 30.0 Å². The summed E-state index contributed by atoms with van der Waals surface area (Å²) in [6, 6.07) is 13.2. The first-order valence-electron chi connectivity index (χ1n) is 7.72. The minimum Gasteiger partial charge on any atom is -0.486 e. The molecule has 0 unspecified atom stereocenters. The molecule has 0 fully saturated rings. The molecule has 7 nitrogen and oxygen atoms in total. The van der Waals surface area contributed by atoms with Crippen molar-refractivity contribution in [2.75, 3.05) is 12.8 Å². The summed E-state index contributed by atoms with van der Waals surface area (Å²) in [6.07, 6.45) is 1.62. The lowest BCUT2D eigenvalue weighted by molar-refractivity contribution is -0.118.